The highest BCUT2D eigenvalue weighted by molar-refractivity contribution is 5.87. The lowest BCUT2D eigenvalue weighted by molar-refractivity contribution is -0.136. The number of hydrogen-bond donors (Lipinski definition) is 0. The number of rotatable bonds is 10. The monoisotopic (exact) mass is 356 g/mol. The lowest BCUT2D eigenvalue weighted by Gasteiger charge is -1.96. The van der Waals surface area contributed by atoms with Gasteiger partial charge < -0.3 is 9.47 Å². The van der Waals surface area contributed by atoms with Crippen LogP contribution in [0.15, 0.2) is 83.1 Å². The average Bonchev–Trinajstić information content (AvgIpc) is 2.62. The number of methoxy groups -OCH3 is 1. The van der Waals surface area contributed by atoms with Gasteiger partial charge in [-0.3, -0.25) is 4.79 Å². The summed E-state index contributed by atoms with van der Waals surface area (Å²) in [5, 5.41) is 0. The number of carbonyl (C=O) groups is 2. The lowest BCUT2D eigenvalue weighted by Crippen LogP contribution is -2.00. The van der Waals surface area contributed by atoms with Gasteiger partial charge in [-0.25, -0.2) is 4.79 Å². The number of ether oxygens (including phenoxy) is 2. The van der Waals surface area contributed by atoms with E-state index in [9.17, 15) is 9.59 Å². The third kappa shape index (κ3) is 12.5. The van der Waals surface area contributed by atoms with Gasteiger partial charge >= 0.3 is 5.97 Å². The molecule has 4 heteroatoms. The third-order valence-electron chi connectivity index (χ3n) is 3.16. The summed E-state index contributed by atoms with van der Waals surface area (Å²) in [6.07, 6.45) is 19.1. The summed E-state index contributed by atoms with van der Waals surface area (Å²) in [4.78, 5) is 21.3. The summed E-state index contributed by atoms with van der Waals surface area (Å²) in [7, 11) is 1.36. The van der Waals surface area contributed by atoms with Crippen molar-refractivity contribution in [3.8, 4) is 0 Å². The Kier molecular flexibility index (Phi) is 12.9. The lowest BCUT2D eigenvalue weighted by atomic mass is 10.2. The molecule has 0 saturated carbocycles. The Hall–Kier alpha value is -2.88. The fraction of sp³-hybridized carbons (Fsp3) is 0.273. The maximum atomic E-state index is 11.2. The van der Waals surface area contributed by atoms with E-state index in [0.717, 1.165) is 16.7 Å². The first-order valence-corrected chi connectivity index (χ1v) is 8.25. The average molecular weight is 356 g/mol. The smallest absolute Gasteiger partial charge is 0.333 e. The molecule has 0 heterocycles. The minimum absolute atomic E-state index is 0.308. The van der Waals surface area contributed by atoms with Crippen molar-refractivity contribution in [2.75, 3.05) is 13.7 Å². The molecule has 0 unspecified atom stereocenters. The van der Waals surface area contributed by atoms with Crippen LogP contribution in [-0.2, 0) is 19.1 Å². The highest BCUT2D eigenvalue weighted by Crippen LogP contribution is 2.02. The molecule has 0 aliphatic heterocycles. The van der Waals surface area contributed by atoms with Gasteiger partial charge in [0.15, 0.2) is 0 Å². The molecule has 4 nitrogen and oxygen atoms in total. The van der Waals surface area contributed by atoms with E-state index in [2.05, 4.69) is 9.47 Å². The van der Waals surface area contributed by atoms with Crippen LogP contribution in [0.25, 0.3) is 0 Å². The van der Waals surface area contributed by atoms with E-state index >= 15 is 0 Å². The maximum Gasteiger partial charge on any atom is 0.333 e. The number of esters is 1. The second kappa shape index (κ2) is 14.5. The van der Waals surface area contributed by atoms with Crippen molar-refractivity contribution in [1.82, 2.24) is 0 Å². The molecule has 0 spiro atoms. The van der Waals surface area contributed by atoms with Crippen molar-refractivity contribution in [3.63, 3.8) is 0 Å². The molecule has 0 rings (SSSR count). The molecular weight excluding hydrogens is 328 g/mol. The molecule has 0 N–H and O–H groups in total. The molecule has 0 atom stereocenters. The van der Waals surface area contributed by atoms with E-state index in [1.807, 2.05) is 75.5 Å². The van der Waals surface area contributed by atoms with Crippen LogP contribution >= 0.6 is 0 Å². The minimum atomic E-state index is -0.328. The second-order valence-electron chi connectivity index (χ2n) is 5.69. The van der Waals surface area contributed by atoms with Crippen LogP contribution in [0.3, 0.4) is 0 Å². The molecular formula is C22H28O4. The zero-order valence-electron chi connectivity index (χ0n) is 16.2. The molecule has 0 bridgehead atoms. The van der Waals surface area contributed by atoms with Crippen LogP contribution in [0.4, 0.5) is 0 Å². The molecule has 0 aromatic carbocycles. The fourth-order valence-corrected chi connectivity index (χ4v) is 1.68. The van der Waals surface area contributed by atoms with Crippen molar-refractivity contribution in [2.24, 2.45) is 0 Å². The summed E-state index contributed by atoms with van der Waals surface area (Å²) < 4.78 is 9.29. The van der Waals surface area contributed by atoms with E-state index in [-0.39, 0.29) is 5.97 Å². The van der Waals surface area contributed by atoms with Gasteiger partial charge in [-0.15, -0.1) is 0 Å². The Morgan fingerprint density at radius 2 is 1.35 bits per heavy atom. The van der Waals surface area contributed by atoms with Crippen LogP contribution in [0.2, 0.25) is 0 Å². The number of allylic oxidation sites excluding steroid dienone is 12. The summed E-state index contributed by atoms with van der Waals surface area (Å²) in [6.45, 7) is 8.34. The van der Waals surface area contributed by atoms with Crippen molar-refractivity contribution in [3.05, 3.63) is 83.1 Å². The normalized spacial score (nSPS) is 14.5. The van der Waals surface area contributed by atoms with E-state index in [1.54, 1.807) is 13.0 Å². The molecule has 0 radical (unpaired) electrons. The minimum Gasteiger partial charge on any atom is -0.466 e. The van der Waals surface area contributed by atoms with Crippen molar-refractivity contribution in [1.29, 1.82) is 0 Å². The molecule has 0 saturated heterocycles. The Morgan fingerprint density at radius 3 is 1.85 bits per heavy atom. The molecule has 0 aromatic heterocycles. The summed E-state index contributed by atoms with van der Waals surface area (Å²) in [5.74, 6) is -0.328. The summed E-state index contributed by atoms with van der Waals surface area (Å²) >= 11 is 0. The van der Waals surface area contributed by atoms with Crippen LogP contribution in [0, 0.1) is 0 Å². The fourth-order valence-electron chi connectivity index (χ4n) is 1.68. The van der Waals surface area contributed by atoms with E-state index in [0.29, 0.717) is 18.7 Å². The van der Waals surface area contributed by atoms with E-state index < -0.39 is 0 Å². The highest BCUT2D eigenvalue weighted by atomic mass is 16.5. The topological polar surface area (TPSA) is 52.6 Å². The first-order valence-electron chi connectivity index (χ1n) is 8.25. The largest absolute Gasteiger partial charge is 0.466 e. The van der Waals surface area contributed by atoms with Gasteiger partial charge in [0.1, 0.15) is 6.61 Å². The Bertz CT molecular complexity index is 668. The van der Waals surface area contributed by atoms with Gasteiger partial charge in [0.05, 0.1) is 7.11 Å². The number of hydrogen-bond acceptors (Lipinski definition) is 4. The van der Waals surface area contributed by atoms with Crippen molar-refractivity contribution >= 4 is 12.4 Å². The third-order valence-corrected chi connectivity index (χ3v) is 3.16. The Labute approximate surface area is 156 Å². The van der Waals surface area contributed by atoms with Gasteiger partial charge in [-0.05, 0) is 33.3 Å². The zero-order chi connectivity index (χ0) is 19.8. The van der Waals surface area contributed by atoms with Crippen LogP contribution < -0.4 is 0 Å². The predicted molar refractivity (Wildman–Crippen MR) is 106 cm³/mol. The van der Waals surface area contributed by atoms with Gasteiger partial charge in [-0.1, -0.05) is 71.9 Å². The first kappa shape index (κ1) is 23.1. The maximum absolute atomic E-state index is 11.2. The van der Waals surface area contributed by atoms with Gasteiger partial charge in [-0.2, -0.15) is 0 Å². The molecule has 0 fully saturated rings. The first-order chi connectivity index (χ1) is 12.4. The van der Waals surface area contributed by atoms with Gasteiger partial charge in [0, 0.05) is 5.57 Å². The zero-order valence-corrected chi connectivity index (χ0v) is 16.2. The quantitative estimate of drug-likeness (QED) is 0.244. The molecule has 26 heavy (non-hydrogen) atoms. The van der Waals surface area contributed by atoms with Gasteiger partial charge in [0.2, 0.25) is 0 Å². The molecule has 0 aromatic rings. The van der Waals surface area contributed by atoms with Crippen LogP contribution in [0.1, 0.15) is 27.7 Å². The molecule has 0 amide bonds. The van der Waals surface area contributed by atoms with Crippen LogP contribution in [0.5, 0.6) is 0 Å². The van der Waals surface area contributed by atoms with Crippen molar-refractivity contribution < 1.29 is 19.1 Å². The highest BCUT2D eigenvalue weighted by Gasteiger charge is 1.99. The van der Waals surface area contributed by atoms with E-state index in [4.69, 9.17) is 0 Å². The number of carbonyl (C=O) groups excluding carboxylic acids is 2. The van der Waals surface area contributed by atoms with Gasteiger partial charge in [0.25, 0.3) is 6.47 Å². The molecule has 0 aliphatic rings. The van der Waals surface area contributed by atoms with Crippen LogP contribution in [-0.4, -0.2) is 26.2 Å². The van der Waals surface area contributed by atoms with E-state index in [1.165, 1.54) is 7.11 Å². The Balaban J connectivity index is 4.57. The van der Waals surface area contributed by atoms with Crippen molar-refractivity contribution in [2.45, 2.75) is 27.7 Å². The second-order valence-corrected chi connectivity index (χ2v) is 5.69. The summed E-state index contributed by atoms with van der Waals surface area (Å²) in [6, 6.07) is 0. The SMILES string of the molecule is COC(=O)/C(C)=C/C=C/C(C)=C/C=C/C=C(C)/C=C/C=C(\C)COC=O. The predicted octanol–water partition coefficient (Wildman–Crippen LogP) is 4.79. The summed E-state index contributed by atoms with van der Waals surface area (Å²) in [5.41, 5.74) is 3.68. The Morgan fingerprint density at radius 1 is 0.808 bits per heavy atom. The standard InChI is InChI=1S/C22H28O4/c1-18(12-8-14-20(3)16-26-17-23)10-6-7-11-19(2)13-9-15-21(4)22(24)25-5/h6-15,17H,16H2,1-5H3/b7-6+,12-8+,13-9+,18-10+,19-11+,20-14+,21-15+. The molecule has 140 valence electrons. The molecule has 0 aliphatic carbocycles.